The number of aromatic nitrogens is 2. The minimum Gasteiger partial charge on any atom is -0.323 e. The zero-order valence-electron chi connectivity index (χ0n) is 8.34. The van der Waals surface area contributed by atoms with Gasteiger partial charge in [0, 0.05) is 23.5 Å². The van der Waals surface area contributed by atoms with Gasteiger partial charge in [-0.05, 0) is 18.2 Å². The second-order valence-corrected chi connectivity index (χ2v) is 3.09. The number of hydrogen-bond acceptors (Lipinski definition) is 4. The summed E-state index contributed by atoms with van der Waals surface area (Å²) in [6, 6.07) is 6.36. The molecule has 1 aromatic carbocycles. The standard InChI is InChI=1S/C11H9FN4/c12-10-6-8(2-3-9(10)7-16-13)11-14-4-1-5-15-11/h1-7H,13H2. The molecule has 0 fully saturated rings. The van der Waals surface area contributed by atoms with Crippen molar-refractivity contribution in [2.45, 2.75) is 0 Å². The van der Waals surface area contributed by atoms with Crippen molar-refractivity contribution in [2.24, 2.45) is 10.9 Å². The summed E-state index contributed by atoms with van der Waals surface area (Å²) in [4.78, 5) is 8.06. The van der Waals surface area contributed by atoms with Crippen LogP contribution in [0.25, 0.3) is 11.4 Å². The second-order valence-electron chi connectivity index (χ2n) is 3.09. The maximum Gasteiger partial charge on any atom is 0.159 e. The lowest BCUT2D eigenvalue weighted by Gasteiger charge is -2.01. The molecule has 5 heteroatoms. The van der Waals surface area contributed by atoms with Gasteiger partial charge in [-0.3, -0.25) is 0 Å². The summed E-state index contributed by atoms with van der Waals surface area (Å²) < 4.78 is 13.5. The van der Waals surface area contributed by atoms with Crippen molar-refractivity contribution in [2.75, 3.05) is 0 Å². The van der Waals surface area contributed by atoms with Gasteiger partial charge in [-0.25, -0.2) is 14.4 Å². The third-order valence-electron chi connectivity index (χ3n) is 2.04. The lowest BCUT2D eigenvalue weighted by atomic mass is 10.1. The van der Waals surface area contributed by atoms with E-state index in [2.05, 4.69) is 15.1 Å². The highest BCUT2D eigenvalue weighted by Gasteiger charge is 2.04. The Morgan fingerprint density at radius 3 is 2.62 bits per heavy atom. The number of hydrogen-bond donors (Lipinski definition) is 1. The van der Waals surface area contributed by atoms with Crippen LogP contribution < -0.4 is 5.84 Å². The van der Waals surface area contributed by atoms with Gasteiger partial charge in [0.25, 0.3) is 0 Å². The fraction of sp³-hybridized carbons (Fsp3) is 0. The molecule has 0 unspecified atom stereocenters. The Labute approximate surface area is 91.7 Å². The van der Waals surface area contributed by atoms with E-state index in [4.69, 9.17) is 5.84 Å². The monoisotopic (exact) mass is 216 g/mol. The zero-order chi connectivity index (χ0) is 11.4. The van der Waals surface area contributed by atoms with Crippen LogP contribution in [0, 0.1) is 5.82 Å². The van der Waals surface area contributed by atoms with E-state index < -0.39 is 5.82 Å². The van der Waals surface area contributed by atoms with E-state index in [0.29, 0.717) is 17.0 Å². The largest absolute Gasteiger partial charge is 0.323 e. The van der Waals surface area contributed by atoms with Crippen LogP contribution in [0.1, 0.15) is 5.56 Å². The number of nitrogens with zero attached hydrogens (tertiary/aromatic N) is 3. The lowest BCUT2D eigenvalue weighted by molar-refractivity contribution is 0.626. The van der Waals surface area contributed by atoms with E-state index in [9.17, 15) is 4.39 Å². The van der Waals surface area contributed by atoms with E-state index in [0.717, 1.165) is 0 Å². The SMILES string of the molecule is NN=Cc1ccc(-c2ncccn2)cc1F. The highest BCUT2D eigenvalue weighted by molar-refractivity contribution is 5.80. The first-order chi connectivity index (χ1) is 7.81. The van der Waals surface area contributed by atoms with Crippen LogP contribution in [-0.4, -0.2) is 16.2 Å². The summed E-state index contributed by atoms with van der Waals surface area (Å²) in [6.07, 6.45) is 4.47. The number of nitrogens with two attached hydrogens (primary N) is 1. The van der Waals surface area contributed by atoms with Crippen LogP contribution in [0.4, 0.5) is 4.39 Å². The van der Waals surface area contributed by atoms with Gasteiger partial charge in [-0.2, -0.15) is 5.10 Å². The Bertz CT molecular complexity index is 511. The Balaban J connectivity index is 2.42. The molecule has 0 atom stereocenters. The third kappa shape index (κ3) is 2.03. The smallest absolute Gasteiger partial charge is 0.159 e. The van der Waals surface area contributed by atoms with Crippen molar-refractivity contribution in [3.8, 4) is 11.4 Å². The topological polar surface area (TPSA) is 64.2 Å². The maximum atomic E-state index is 13.5. The molecule has 0 radical (unpaired) electrons. The molecule has 0 saturated heterocycles. The average molecular weight is 216 g/mol. The molecule has 0 bridgehead atoms. The van der Waals surface area contributed by atoms with Crippen molar-refractivity contribution in [1.82, 2.24) is 9.97 Å². The summed E-state index contributed by atoms with van der Waals surface area (Å²) in [5.74, 6) is 5.04. The molecule has 16 heavy (non-hydrogen) atoms. The van der Waals surface area contributed by atoms with Crippen LogP contribution >= 0.6 is 0 Å². The van der Waals surface area contributed by atoms with Crippen molar-refractivity contribution >= 4 is 6.21 Å². The van der Waals surface area contributed by atoms with Crippen LogP contribution in [0.3, 0.4) is 0 Å². The molecule has 1 heterocycles. The van der Waals surface area contributed by atoms with Crippen molar-refractivity contribution in [3.05, 3.63) is 48.0 Å². The van der Waals surface area contributed by atoms with E-state index in [-0.39, 0.29) is 0 Å². The summed E-state index contributed by atoms with van der Waals surface area (Å²) in [7, 11) is 0. The van der Waals surface area contributed by atoms with Crippen molar-refractivity contribution < 1.29 is 4.39 Å². The van der Waals surface area contributed by atoms with Gasteiger partial charge in [0.15, 0.2) is 5.82 Å². The van der Waals surface area contributed by atoms with Crippen molar-refractivity contribution in [1.29, 1.82) is 0 Å². The summed E-state index contributed by atoms with van der Waals surface area (Å²) in [5, 5.41) is 3.27. The molecule has 0 aliphatic heterocycles. The predicted octanol–water partition coefficient (Wildman–Crippen LogP) is 1.58. The van der Waals surface area contributed by atoms with E-state index in [1.54, 1.807) is 30.6 Å². The molecule has 0 amide bonds. The minimum atomic E-state index is -0.404. The molecule has 2 N–H and O–H groups in total. The third-order valence-corrected chi connectivity index (χ3v) is 2.04. The first-order valence-electron chi connectivity index (χ1n) is 4.61. The molecule has 0 aliphatic carbocycles. The van der Waals surface area contributed by atoms with Crippen LogP contribution in [-0.2, 0) is 0 Å². The Morgan fingerprint density at radius 1 is 1.25 bits per heavy atom. The highest BCUT2D eigenvalue weighted by atomic mass is 19.1. The molecule has 0 saturated carbocycles. The van der Waals surface area contributed by atoms with Gasteiger partial charge < -0.3 is 5.84 Å². The molecule has 0 aliphatic rings. The first kappa shape index (κ1) is 10.2. The Morgan fingerprint density at radius 2 is 2.00 bits per heavy atom. The van der Waals surface area contributed by atoms with Crippen LogP contribution in [0.5, 0.6) is 0 Å². The molecule has 2 aromatic rings. The summed E-state index contributed by atoms with van der Waals surface area (Å²) >= 11 is 0. The number of benzene rings is 1. The van der Waals surface area contributed by atoms with E-state index in [1.807, 2.05) is 0 Å². The average Bonchev–Trinajstić information content (AvgIpc) is 2.33. The Kier molecular flexibility index (Phi) is 2.86. The fourth-order valence-electron chi connectivity index (χ4n) is 1.30. The normalized spacial score (nSPS) is 10.8. The quantitative estimate of drug-likeness (QED) is 0.471. The van der Waals surface area contributed by atoms with Gasteiger partial charge in [0.05, 0.1) is 6.21 Å². The van der Waals surface area contributed by atoms with Gasteiger partial charge in [0.1, 0.15) is 5.82 Å². The zero-order valence-corrected chi connectivity index (χ0v) is 8.34. The highest BCUT2D eigenvalue weighted by Crippen LogP contribution is 2.16. The minimum absolute atomic E-state index is 0.335. The fourth-order valence-corrected chi connectivity index (χ4v) is 1.30. The van der Waals surface area contributed by atoms with Crippen LogP contribution in [0.2, 0.25) is 0 Å². The molecule has 2 rings (SSSR count). The molecule has 4 nitrogen and oxygen atoms in total. The summed E-state index contributed by atoms with van der Waals surface area (Å²) in [5.41, 5.74) is 0.953. The van der Waals surface area contributed by atoms with Crippen molar-refractivity contribution in [3.63, 3.8) is 0 Å². The number of hydrazone groups is 1. The van der Waals surface area contributed by atoms with Gasteiger partial charge in [0.2, 0.25) is 0 Å². The Hall–Kier alpha value is -2.30. The van der Waals surface area contributed by atoms with Crippen LogP contribution in [0.15, 0.2) is 41.8 Å². The predicted molar refractivity (Wildman–Crippen MR) is 59.2 cm³/mol. The first-order valence-corrected chi connectivity index (χ1v) is 4.61. The van der Waals surface area contributed by atoms with E-state index in [1.165, 1.54) is 12.3 Å². The molecule has 1 aromatic heterocycles. The maximum absolute atomic E-state index is 13.5. The molecule has 0 spiro atoms. The van der Waals surface area contributed by atoms with Gasteiger partial charge >= 0.3 is 0 Å². The second kappa shape index (κ2) is 4.48. The molecule has 80 valence electrons. The molecular formula is C11H9FN4. The molecular weight excluding hydrogens is 207 g/mol. The lowest BCUT2D eigenvalue weighted by Crippen LogP contribution is -1.93. The number of rotatable bonds is 2. The van der Waals surface area contributed by atoms with E-state index >= 15 is 0 Å². The number of halogens is 1. The van der Waals surface area contributed by atoms with Gasteiger partial charge in [-0.1, -0.05) is 6.07 Å². The van der Waals surface area contributed by atoms with Gasteiger partial charge in [-0.15, -0.1) is 0 Å². The summed E-state index contributed by atoms with van der Waals surface area (Å²) in [6.45, 7) is 0.